The Morgan fingerprint density at radius 3 is 1.74 bits per heavy atom. The lowest BCUT2D eigenvalue weighted by Crippen LogP contribution is -2.18. The number of hydrogen-bond acceptors (Lipinski definition) is 3. The predicted molar refractivity (Wildman–Crippen MR) is 137 cm³/mol. The molecule has 4 aromatic rings. The van der Waals surface area contributed by atoms with E-state index in [2.05, 4.69) is 6.58 Å². The van der Waals surface area contributed by atoms with Crippen LogP contribution >= 0.6 is 0 Å². The minimum Gasteiger partial charge on any atom is -0.489 e. The topological polar surface area (TPSA) is 42.2 Å². The molecule has 0 heterocycles. The monoisotopic (exact) mass is 517 g/mol. The molecule has 3 nitrogen and oxygen atoms in total. The summed E-state index contributed by atoms with van der Waals surface area (Å²) in [5, 5.41) is 8.72. The highest BCUT2D eigenvalue weighted by Gasteiger charge is 2.28. The van der Waals surface area contributed by atoms with Gasteiger partial charge in [-0.15, -0.1) is 0 Å². The smallest absolute Gasteiger partial charge is 0.205 e. The summed E-state index contributed by atoms with van der Waals surface area (Å²) in [6, 6.07) is 23.0. The van der Waals surface area contributed by atoms with Crippen molar-refractivity contribution in [2.45, 2.75) is 25.9 Å². The van der Waals surface area contributed by atoms with Gasteiger partial charge >= 0.3 is 0 Å². The van der Waals surface area contributed by atoms with Gasteiger partial charge in [0.2, 0.25) is 17.4 Å². The summed E-state index contributed by atoms with van der Waals surface area (Å²) >= 11 is 0. The van der Waals surface area contributed by atoms with E-state index in [1.807, 2.05) is 62.4 Å². The molecule has 0 bridgehead atoms. The van der Waals surface area contributed by atoms with E-state index in [4.69, 9.17) is 14.7 Å². The van der Waals surface area contributed by atoms with Crippen LogP contribution in [0, 0.1) is 34.6 Å². The van der Waals surface area contributed by atoms with Gasteiger partial charge in [-0.05, 0) is 46.5 Å². The molecule has 0 aliphatic heterocycles. The van der Waals surface area contributed by atoms with E-state index in [1.54, 1.807) is 18.2 Å². The van der Waals surface area contributed by atoms with Crippen LogP contribution in [0.5, 0.6) is 17.2 Å². The van der Waals surface area contributed by atoms with Gasteiger partial charge in [0.05, 0.1) is 0 Å². The summed E-state index contributed by atoms with van der Waals surface area (Å²) in [4.78, 5) is 0. The minimum atomic E-state index is -1.81. The second-order valence-corrected chi connectivity index (χ2v) is 9.08. The van der Waals surface area contributed by atoms with Gasteiger partial charge in [-0.3, -0.25) is 0 Å². The maximum absolute atomic E-state index is 14.2. The summed E-state index contributed by atoms with van der Waals surface area (Å²) in [7, 11) is 0. The van der Waals surface area contributed by atoms with E-state index >= 15 is 0 Å². The molecular formula is C31H23F4NO2. The lowest BCUT2D eigenvalue weighted by atomic mass is 9.78. The highest BCUT2D eigenvalue weighted by atomic mass is 19.2. The molecule has 0 fully saturated rings. The van der Waals surface area contributed by atoms with Crippen LogP contribution in [-0.4, -0.2) is 0 Å². The Morgan fingerprint density at radius 2 is 1.26 bits per heavy atom. The number of rotatable bonds is 8. The Bertz CT molecular complexity index is 1480. The molecule has 0 N–H and O–H groups in total. The maximum Gasteiger partial charge on any atom is 0.205 e. The van der Waals surface area contributed by atoms with Crippen molar-refractivity contribution in [2.75, 3.05) is 0 Å². The summed E-state index contributed by atoms with van der Waals surface area (Å²) in [6.07, 6.45) is 1.78. The van der Waals surface area contributed by atoms with Crippen LogP contribution < -0.4 is 9.47 Å². The van der Waals surface area contributed by atoms with Gasteiger partial charge in [-0.1, -0.05) is 75.0 Å². The molecule has 0 unspecified atom stereocenters. The largest absolute Gasteiger partial charge is 0.489 e. The first-order valence-electron chi connectivity index (χ1n) is 11.6. The molecule has 0 saturated heterocycles. The SMILES string of the molecule is C=Cc1ccc(COc2ccc(C(C)(C)c3ccc(Oc4c(F)c(F)c(C#N)c(F)c4F)cc3)cc2)cc1. The third-order valence-electron chi connectivity index (χ3n) is 6.33. The Balaban J connectivity index is 1.47. The van der Waals surface area contributed by atoms with E-state index in [0.717, 1.165) is 28.3 Å². The van der Waals surface area contributed by atoms with Crippen LogP contribution in [0.3, 0.4) is 0 Å². The van der Waals surface area contributed by atoms with Gasteiger partial charge in [0.15, 0.2) is 11.6 Å². The Morgan fingerprint density at radius 1 is 0.763 bits per heavy atom. The van der Waals surface area contributed by atoms with Crippen molar-refractivity contribution < 1.29 is 27.0 Å². The molecule has 4 aromatic carbocycles. The van der Waals surface area contributed by atoms with Crippen molar-refractivity contribution in [1.29, 1.82) is 5.26 Å². The normalized spacial score (nSPS) is 11.1. The van der Waals surface area contributed by atoms with Crippen molar-refractivity contribution in [3.05, 3.63) is 130 Å². The average molecular weight is 518 g/mol. The van der Waals surface area contributed by atoms with Crippen molar-refractivity contribution in [3.63, 3.8) is 0 Å². The molecule has 0 aromatic heterocycles. The van der Waals surface area contributed by atoms with E-state index < -0.39 is 40.0 Å². The Kier molecular flexibility index (Phi) is 7.54. The lowest BCUT2D eigenvalue weighted by molar-refractivity contribution is 0.306. The molecule has 0 aliphatic rings. The van der Waals surface area contributed by atoms with Crippen molar-refractivity contribution in [1.82, 2.24) is 0 Å². The maximum atomic E-state index is 14.2. The van der Waals surface area contributed by atoms with Gasteiger partial charge in [-0.2, -0.15) is 14.0 Å². The summed E-state index contributed by atoms with van der Waals surface area (Å²) in [6.45, 7) is 8.18. The average Bonchev–Trinajstić information content (AvgIpc) is 2.94. The number of nitrogens with zero attached hydrogens (tertiary/aromatic N) is 1. The molecule has 7 heteroatoms. The number of halogens is 4. The summed E-state index contributed by atoms with van der Waals surface area (Å²) in [5.41, 5.74) is 2.12. The fraction of sp³-hybridized carbons (Fsp3) is 0.129. The standard InChI is InChI=1S/C31H23F4NO2/c1-4-19-5-7-20(8-6-19)18-37-23-13-9-21(10-14-23)31(2,3)22-11-15-24(16-12-22)38-30-28(34)26(32)25(17-36)27(33)29(30)35/h4-16H,1,18H2,2-3H3. The third kappa shape index (κ3) is 5.25. The Hall–Kier alpha value is -4.57. The van der Waals surface area contributed by atoms with Gasteiger partial charge in [0.25, 0.3) is 0 Å². The Labute approximate surface area is 218 Å². The fourth-order valence-electron chi connectivity index (χ4n) is 3.91. The van der Waals surface area contributed by atoms with Crippen LogP contribution in [0.2, 0.25) is 0 Å². The first kappa shape index (κ1) is 26.5. The second kappa shape index (κ2) is 10.8. The molecular weight excluding hydrogens is 494 g/mol. The number of hydrogen-bond donors (Lipinski definition) is 0. The highest BCUT2D eigenvalue weighted by molar-refractivity contribution is 5.47. The molecule has 0 atom stereocenters. The van der Waals surface area contributed by atoms with Gasteiger partial charge in [-0.25, -0.2) is 8.78 Å². The zero-order chi connectivity index (χ0) is 27.4. The predicted octanol–water partition coefficient (Wildman–Crippen LogP) is 8.45. The first-order valence-corrected chi connectivity index (χ1v) is 11.6. The van der Waals surface area contributed by atoms with E-state index in [-0.39, 0.29) is 5.75 Å². The van der Waals surface area contributed by atoms with Crippen molar-refractivity contribution >= 4 is 6.08 Å². The minimum absolute atomic E-state index is 0.0317. The van der Waals surface area contributed by atoms with E-state index in [1.165, 1.54) is 12.1 Å². The van der Waals surface area contributed by atoms with Crippen LogP contribution in [-0.2, 0) is 12.0 Å². The molecule has 0 aliphatic carbocycles. The zero-order valence-corrected chi connectivity index (χ0v) is 20.7. The molecule has 38 heavy (non-hydrogen) atoms. The van der Waals surface area contributed by atoms with Crippen LogP contribution in [0.1, 0.15) is 41.7 Å². The first-order chi connectivity index (χ1) is 18.1. The van der Waals surface area contributed by atoms with Crippen molar-refractivity contribution in [2.24, 2.45) is 0 Å². The molecule has 4 rings (SSSR count). The molecule has 0 saturated carbocycles. The zero-order valence-electron chi connectivity index (χ0n) is 20.7. The van der Waals surface area contributed by atoms with Crippen LogP contribution in [0.15, 0.2) is 79.4 Å². The summed E-state index contributed by atoms with van der Waals surface area (Å²) in [5.74, 6) is -7.74. The number of ether oxygens (including phenoxy) is 2. The van der Waals surface area contributed by atoms with Crippen LogP contribution in [0.25, 0.3) is 6.08 Å². The fourth-order valence-corrected chi connectivity index (χ4v) is 3.91. The van der Waals surface area contributed by atoms with Gasteiger partial charge < -0.3 is 9.47 Å². The van der Waals surface area contributed by atoms with Gasteiger partial charge in [0.1, 0.15) is 29.7 Å². The molecule has 0 amide bonds. The van der Waals surface area contributed by atoms with E-state index in [0.29, 0.717) is 12.4 Å². The summed E-state index contributed by atoms with van der Waals surface area (Å²) < 4.78 is 67.2. The molecule has 192 valence electrons. The molecule has 0 spiro atoms. The second-order valence-electron chi connectivity index (χ2n) is 9.08. The third-order valence-corrected chi connectivity index (χ3v) is 6.33. The van der Waals surface area contributed by atoms with E-state index in [9.17, 15) is 17.6 Å². The van der Waals surface area contributed by atoms with Gasteiger partial charge in [0, 0.05) is 5.41 Å². The van der Waals surface area contributed by atoms with Crippen LogP contribution in [0.4, 0.5) is 17.6 Å². The quantitative estimate of drug-likeness (QED) is 0.174. The lowest BCUT2D eigenvalue weighted by Gasteiger charge is -2.26. The number of nitriles is 1. The number of benzene rings is 4. The highest BCUT2D eigenvalue weighted by Crippen LogP contribution is 2.36. The van der Waals surface area contributed by atoms with Crippen molar-refractivity contribution in [3.8, 4) is 23.3 Å². The molecule has 0 radical (unpaired) electrons.